The van der Waals surface area contributed by atoms with Crippen molar-refractivity contribution in [3.8, 4) is 23.0 Å². The van der Waals surface area contributed by atoms with Crippen LogP contribution in [-0.4, -0.2) is 270 Å². The number of hydroxylamine groups is 2. The van der Waals surface area contributed by atoms with Crippen LogP contribution in [0.1, 0.15) is 190 Å². The van der Waals surface area contributed by atoms with Gasteiger partial charge in [0.25, 0.3) is 11.8 Å². The van der Waals surface area contributed by atoms with Gasteiger partial charge in [-0.2, -0.15) is 0 Å². The van der Waals surface area contributed by atoms with Gasteiger partial charge in [-0.3, -0.25) is 28.8 Å². The molecular weight excluding hydrogens is 1630 g/mol. The summed E-state index contributed by atoms with van der Waals surface area (Å²) < 4.78 is 65.5. The molecule has 0 aromatic heterocycles. The number of piperidine rings is 3. The normalized spacial score (nSPS) is 33.6. The number of phenols is 1. The molecule has 8 saturated heterocycles. The quantitative estimate of drug-likeness (QED) is 0.0717. The van der Waals surface area contributed by atoms with Gasteiger partial charge in [-0.15, -0.1) is 17.5 Å². The lowest BCUT2D eigenvalue weighted by Crippen LogP contribution is -2.76. The Morgan fingerprint density at radius 2 is 0.902 bits per heavy atom. The van der Waals surface area contributed by atoms with Crippen molar-refractivity contribution >= 4 is 77.8 Å². The van der Waals surface area contributed by atoms with Crippen molar-refractivity contribution < 1.29 is 150 Å². The third kappa shape index (κ3) is 15.5. The molecule has 3 spiro atoms. The highest BCUT2D eigenvalue weighted by Crippen LogP contribution is 2.68. The molecule has 0 unspecified atom stereocenters. The molecule has 670 valence electrons. The van der Waals surface area contributed by atoms with Crippen molar-refractivity contribution in [2.75, 3.05) is 54.0 Å². The van der Waals surface area contributed by atoms with E-state index >= 15 is 0 Å². The minimum atomic E-state index is -1.86. The van der Waals surface area contributed by atoms with Crippen molar-refractivity contribution in [1.82, 2.24) is 19.8 Å². The Morgan fingerprint density at radius 3 is 1.32 bits per heavy atom. The van der Waals surface area contributed by atoms with E-state index in [9.17, 15) is 78.3 Å². The largest absolute Gasteiger partial charge is 0.504 e. The highest BCUT2D eigenvalue weighted by atomic mass is 35.5. The number of benzene rings is 3. The van der Waals surface area contributed by atoms with E-state index in [0.29, 0.717) is 61.6 Å². The first kappa shape index (κ1) is 91.5. The summed E-state index contributed by atoms with van der Waals surface area (Å²) in [6.45, 7) is 17.9. The van der Waals surface area contributed by atoms with Gasteiger partial charge in [0.05, 0.1) is 58.7 Å². The maximum Gasteiger partial charge on any atom is 0.338 e. The number of phenolic OH excluding ortho intramolecular Hbond substituents is 1. The number of aliphatic hydroxyl groups excluding tert-OH is 1. The van der Waals surface area contributed by atoms with Crippen LogP contribution in [0, 0.1) is 13.8 Å². The van der Waals surface area contributed by atoms with Crippen LogP contribution in [0.25, 0.3) is 0 Å². The molecule has 6 bridgehead atoms. The third-order valence-corrected chi connectivity index (χ3v) is 27.0. The molecular formula is C87H109ClN4O31. The van der Waals surface area contributed by atoms with Crippen LogP contribution in [0.5, 0.6) is 23.0 Å². The molecule has 6 aliphatic carbocycles. The van der Waals surface area contributed by atoms with Crippen molar-refractivity contribution in [1.29, 1.82) is 0 Å². The number of hydrogen-bond acceptors (Lipinski definition) is 32. The molecule has 35 nitrogen and oxygen atoms in total. The summed E-state index contributed by atoms with van der Waals surface area (Å²) in [6.07, 6.45) is 3.28. The SMILES string of the molecule is C.C1CCOC1.CC1(C)OC(=O)[C@@H](CC(=O)O)O1.CC1(C)OC(=O)[C@@H](CC(=O)ON2C(=O)CCC2=O)O1.CN1CC[C@]23c4c5ccc(O)c4O[C@H]2C(OC(=O)C[C@@H](O)C(=O)O)=CC[C@@]3(O)[C@H]1C5.Cc1ccc2c3c1O[C@H]1C(=O)CC[C@@]4(O)[C@@H](C2)N(C)CC[C@]314.Cc1ccc2c3c1O[C@H]1C(OC(=O)C[C@H]4OC(C)(C)OC4=O)=CC[C@@]4(O)[C@@H](C2)N(C)CC[C@]314.Cl. The molecule has 0 radical (unpaired) electrons. The van der Waals surface area contributed by atoms with E-state index in [2.05, 4.69) is 57.9 Å². The molecule has 3 aromatic carbocycles. The standard InChI is InChI=1S/C25H29NO7.C21H23NO8.C18H21NO3.C11H13NO7.C7H10O5.C4H8O.CH4.ClH/c1-13-5-6-14-11-17-25(29)8-7-15(30-18(27)12-16-22(28)33-23(2,3)32-16)21-24(25,9-10-26(17)4)19(14)20(13)31-21;1-22-7-6-20-16-10-2-3-11(23)17(16)30-18(20)13(4-5-21(20,28)14(22)8-10)29-15(25)9-12(24)19(26)27;1-10-3-4-11-9-13-18(21)6-5-12(20)16-17(18,7-8-19(13)2)14(11)15(10)22-16;1-11(2)17-6(10(16)18-11)5-9(15)19-12-7(13)3-4-8(12)14;1-7(2)11-4(3-5(8)9)6(10)12-7;1-2-4-5-3-1;;/h5-7,16-17,21,29H,8-12H2,1-4H3;2-4,12,14,18,23-24,28H,5-9H2,1H3,(H,26,27);3-4,13,16,21H,5-9H2,1-2H3;6H,3-5H2,1-2H3;4H,3H2,1-2H3,(H,8,9);1-4H2;1H4;1H/t16-,17-,21+,24+,25-;12-,14-,18+,20+,21-;13-,16+,17+,18-;6-;4-;;;/m11111.../s1. The van der Waals surface area contributed by atoms with Gasteiger partial charge in [-0.1, -0.05) is 37.8 Å². The minimum Gasteiger partial charge on any atom is -0.504 e. The predicted molar refractivity (Wildman–Crippen MR) is 426 cm³/mol. The highest BCUT2D eigenvalue weighted by molar-refractivity contribution is 6.02. The van der Waals surface area contributed by atoms with Gasteiger partial charge in [0, 0.05) is 122 Å². The van der Waals surface area contributed by atoms with Crippen molar-refractivity contribution in [3.63, 3.8) is 0 Å². The van der Waals surface area contributed by atoms with E-state index in [1.54, 1.807) is 45.9 Å². The summed E-state index contributed by atoms with van der Waals surface area (Å²) in [7, 11) is 6.12. The number of ketones is 1. The first-order valence-electron chi connectivity index (χ1n) is 41.1. The molecule has 1 saturated carbocycles. The number of amides is 2. The molecule has 9 fully saturated rings. The van der Waals surface area contributed by atoms with Gasteiger partial charge >= 0.3 is 47.8 Å². The lowest BCUT2D eigenvalue weighted by molar-refractivity contribution is -0.200. The average molecular weight is 1740 g/mol. The first-order chi connectivity index (χ1) is 56.9. The second-order valence-corrected chi connectivity index (χ2v) is 35.7. The van der Waals surface area contributed by atoms with Gasteiger partial charge in [-0.05, 0) is 158 Å². The number of carbonyl (C=O) groups is 11. The van der Waals surface area contributed by atoms with E-state index in [1.807, 2.05) is 27.0 Å². The zero-order valence-corrected chi connectivity index (χ0v) is 70.6. The predicted octanol–water partition coefficient (Wildman–Crippen LogP) is 4.94. The van der Waals surface area contributed by atoms with Gasteiger partial charge in [-0.25, -0.2) is 24.0 Å². The fraction of sp³-hybridized carbons (Fsp3) is 0.621. The van der Waals surface area contributed by atoms with Gasteiger partial charge < -0.3 is 112 Å². The summed E-state index contributed by atoms with van der Waals surface area (Å²) in [5.74, 6) is -8.45. The van der Waals surface area contributed by atoms with E-state index in [0.717, 1.165) is 90.4 Å². The number of halogens is 1. The second-order valence-electron chi connectivity index (χ2n) is 35.7. The van der Waals surface area contributed by atoms with Crippen LogP contribution >= 0.6 is 12.4 Å². The number of likely N-dealkylation sites (N-methyl/N-ethyl adjacent to an activating group) is 3. The number of imide groups is 1. The number of carboxylic acids is 2. The summed E-state index contributed by atoms with van der Waals surface area (Å²) in [5, 5.41) is 73.3. The number of likely N-dealkylation sites (tertiary alicyclic amines) is 3. The molecule has 3 aromatic rings. The maximum absolute atomic E-state index is 12.8. The van der Waals surface area contributed by atoms with Crippen LogP contribution in [0.15, 0.2) is 60.1 Å². The lowest BCUT2D eigenvalue weighted by Gasteiger charge is -2.62. The number of ether oxygens (including phenoxy) is 12. The zero-order chi connectivity index (χ0) is 87.1. The van der Waals surface area contributed by atoms with Crippen LogP contribution in [0.4, 0.5) is 0 Å². The Balaban J connectivity index is 0.000000134. The topological polar surface area (TPSA) is 462 Å². The van der Waals surface area contributed by atoms with Crippen LogP contribution in [0.2, 0.25) is 0 Å². The number of carbonyl (C=O) groups excluding carboxylic acids is 9. The number of carboxylic acid groups (broad SMARTS) is 2. The van der Waals surface area contributed by atoms with E-state index in [4.69, 9.17) is 67.1 Å². The number of rotatable bonds is 12. The number of aromatic hydroxyl groups is 1. The minimum absolute atomic E-state index is 0. The molecule has 11 aliphatic heterocycles. The lowest BCUT2D eigenvalue weighted by atomic mass is 9.49. The van der Waals surface area contributed by atoms with E-state index < -0.39 is 166 Å². The molecule has 7 N–H and O–H groups in total. The molecule has 17 aliphatic rings. The van der Waals surface area contributed by atoms with Crippen molar-refractivity contribution in [2.24, 2.45) is 0 Å². The van der Waals surface area contributed by atoms with Crippen LogP contribution < -0.4 is 14.2 Å². The molecule has 2 amide bonds. The summed E-state index contributed by atoms with van der Waals surface area (Å²) >= 11 is 0. The number of aliphatic hydroxyl groups is 4. The second kappa shape index (κ2) is 33.3. The monoisotopic (exact) mass is 1740 g/mol. The number of esters is 5. The highest BCUT2D eigenvalue weighted by Gasteiger charge is 2.76. The number of Topliss-reactive ketones (excluding diaryl/α,β-unsaturated/α-hetero) is 1. The van der Waals surface area contributed by atoms with Crippen LogP contribution in [-0.2, 0) is 136 Å². The summed E-state index contributed by atoms with van der Waals surface area (Å²) in [4.78, 5) is 138. The fourth-order valence-corrected chi connectivity index (χ4v) is 21.6. The van der Waals surface area contributed by atoms with Gasteiger partial charge in [0.1, 0.15) is 23.0 Å². The fourth-order valence-electron chi connectivity index (χ4n) is 21.6. The number of nitrogens with zero attached hydrogens (tertiary/aromatic N) is 4. The van der Waals surface area contributed by atoms with Gasteiger partial charge in [0.2, 0.25) is 17.4 Å². The molecule has 123 heavy (non-hydrogen) atoms. The van der Waals surface area contributed by atoms with E-state index in [1.165, 1.54) is 37.8 Å². The Morgan fingerprint density at radius 1 is 0.512 bits per heavy atom. The van der Waals surface area contributed by atoms with Crippen LogP contribution in [0.3, 0.4) is 0 Å². The van der Waals surface area contributed by atoms with Crippen molar-refractivity contribution in [3.05, 3.63) is 105 Å². The molecule has 36 heteroatoms. The third-order valence-electron chi connectivity index (χ3n) is 27.0. The smallest absolute Gasteiger partial charge is 0.338 e. The maximum atomic E-state index is 12.8. The first-order valence-corrected chi connectivity index (χ1v) is 41.1. The number of hydrogen-bond donors (Lipinski definition) is 7. The Bertz CT molecular complexity index is 4860. The van der Waals surface area contributed by atoms with Crippen molar-refractivity contribution in [2.45, 2.75) is 290 Å². The van der Waals surface area contributed by atoms with E-state index in [-0.39, 0.29) is 87.4 Å². The number of cyclic esters (lactones) is 3. The Kier molecular flexibility index (Phi) is 24.7. The number of aliphatic carboxylic acids is 2. The molecule has 16 atom stereocenters. The summed E-state index contributed by atoms with van der Waals surface area (Å²) in [5.41, 5.74) is 3.41. The van der Waals surface area contributed by atoms with Gasteiger partial charge in [0.15, 0.2) is 60.0 Å². The summed E-state index contributed by atoms with van der Waals surface area (Å²) in [6, 6.07) is 11.8. The average Bonchev–Trinajstić information content (AvgIpc) is 1.55. The Hall–Kier alpha value is -9.24. The molecule has 11 heterocycles. The zero-order valence-electron chi connectivity index (χ0n) is 69.8. The molecule has 20 rings (SSSR count). The Labute approximate surface area is 715 Å². The number of aryl methyl sites for hydroxylation is 2.